The van der Waals surface area contributed by atoms with E-state index in [0.717, 1.165) is 5.75 Å². The van der Waals surface area contributed by atoms with E-state index in [1.165, 1.54) is 6.33 Å². The van der Waals surface area contributed by atoms with Gasteiger partial charge in [-0.25, -0.2) is 14.6 Å². The fraction of sp³-hybridized carbons (Fsp3) is 0.615. The van der Waals surface area contributed by atoms with E-state index >= 15 is 0 Å². The molecule has 0 bridgehead atoms. The molecule has 2 rings (SSSR count). The molecule has 21 heavy (non-hydrogen) atoms. The molecule has 3 unspecified atom stereocenters. The minimum Gasteiger partial charge on any atom is -0.480 e. The molecule has 0 saturated carbocycles. The number of carboxylic acid groups (broad SMARTS) is 1. The van der Waals surface area contributed by atoms with Gasteiger partial charge in [0.2, 0.25) is 0 Å². The molecule has 0 aliphatic carbocycles. The van der Waals surface area contributed by atoms with Crippen LogP contribution in [-0.2, 0) is 11.2 Å². The maximum Gasteiger partial charge on any atom is 0.326 e. The molecule has 2 heterocycles. The van der Waals surface area contributed by atoms with Crippen LogP contribution in [0.5, 0.6) is 0 Å². The maximum absolute atomic E-state index is 12.3. The molecule has 1 aromatic rings. The Bertz CT molecular complexity index is 494. The molecule has 0 radical (unpaired) electrons. The number of rotatable bonds is 4. The predicted molar refractivity (Wildman–Crippen MR) is 80.3 cm³/mol. The van der Waals surface area contributed by atoms with Gasteiger partial charge in [-0.2, -0.15) is 11.8 Å². The number of urea groups is 1. The summed E-state index contributed by atoms with van der Waals surface area (Å²) in [6.45, 7) is 4.70. The largest absolute Gasteiger partial charge is 0.480 e. The third-order valence-electron chi connectivity index (χ3n) is 3.72. The van der Waals surface area contributed by atoms with E-state index in [-0.39, 0.29) is 18.5 Å². The lowest BCUT2D eigenvalue weighted by Gasteiger charge is -2.37. The molecule has 1 saturated heterocycles. The van der Waals surface area contributed by atoms with Crippen molar-refractivity contribution in [3.8, 4) is 0 Å². The molecule has 3 atom stereocenters. The highest BCUT2D eigenvalue weighted by Gasteiger charge is 2.31. The van der Waals surface area contributed by atoms with Crippen LogP contribution in [0.4, 0.5) is 4.79 Å². The summed E-state index contributed by atoms with van der Waals surface area (Å²) in [4.78, 5) is 32.0. The number of aromatic amines is 1. The van der Waals surface area contributed by atoms with Gasteiger partial charge in [0.25, 0.3) is 0 Å². The summed E-state index contributed by atoms with van der Waals surface area (Å²) in [5.41, 5.74) is 0.679. The van der Waals surface area contributed by atoms with Crippen molar-refractivity contribution in [2.45, 2.75) is 37.6 Å². The Morgan fingerprint density at radius 2 is 2.38 bits per heavy atom. The number of thioether (sulfide) groups is 1. The molecule has 7 nitrogen and oxygen atoms in total. The second-order valence-corrected chi connectivity index (χ2v) is 6.62. The summed E-state index contributed by atoms with van der Waals surface area (Å²) >= 11 is 1.83. The molecule has 1 fully saturated rings. The van der Waals surface area contributed by atoms with E-state index in [4.69, 9.17) is 0 Å². The molecule has 3 N–H and O–H groups in total. The average molecular weight is 312 g/mol. The Morgan fingerprint density at radius 3 is 3.00 bits per heavy atom. The highest BCUT2D eigenvalue weighted by molar-refractivity contribution is 8.00. The number of hydrogen-bond acceptors (Lipinski definition) is 4. The van der Waals surface area contributed by atoms with Crippen molar-refractivity contribution in [2.75, 3.05) is 12.3 Å². The fourth-order valence-electron chi connectivity index (χ4n) is 2.27. The average Bonchev–Trinajstić information content (AvgIpc) is 2.93. The molecular weight excluding hydrogens is 292 g/mol. The standard InChI is InChI=1S/C13H20N4O3S/c1-8-9(2)21-4-3-17(8)13(20)16-11(12(18)19)5-10-6-14-7-15-10/h6-9,11H,3-5H2,1-2H3,(H,14,15)(H,16,20)(H,18,19). The molecule has 2 amide bonds. The first-order valence-corrected chi connectivity index (χ1v) is 7.92. The second-order valence-electron chi connectivity index (χ2n) is 5.13. The van der Waals surface area contributed by atoms with E-state index in [1.807, 2.05) is 18.7 Å². The molecular formula is C13H20N4O3S. The van der Waals surface area contributed by atoms with Gasteiger partial charge in [0.1, 0.15) is 6.04 Å². The number of imidazole rings is 1. The van der Waals surface area contributed by atoms with Crippen LogP contribution in [0.15, 0.2) is 12.5 Å². The van der Waals surface area contributed by atoms with Crippen LogP contribution in [0.3, 0.4) is 0 Å². The van der Waals surface area contributed by atoms with Gasteiger partial charge in [-0.05, 0) is 6.92 Å². The number of carbonyl (C=O) groups is 2. The van der Waals surface area contributed by atoms with Gasteiger partial charge in [-0.15, -0.1) is 0 Å². The van der Waals surface area contributed by atoms with Crippen LogP contribution in [0.2, 0.25) is 0 Å². The van der Waals surface area contributed by atoms with Gasteiger partial charge >= 0.3 is 12.0 Å². The number of carboxylic acids is 1. The summed E-state index contributed by atoms with van der Waals surface area (Å²) in [6.07, 6.45) is 3.24. The number of aliphatic carboxylic acids is 1. The first kappa shape index (κ1) is 15.7. The third-order valence-corrected chi connectivity index (χ3v) is 5.06. The van der Waals surface area contributed by atoms with Gasteiger partial charge < -0.3 is 20.3 Å². The van der Waals surface area contributed by atoms with Gasteiger partial charge in [0, 0.05) is 41.9 Å². The summed E-state index contributed by atoms with van der Waals surface area (Å²) in [5.74, 6) is -0.179. The maximum atomic E-state index is 12.3. The van der Waals surface area contributed by atoms with Gasteiger partial charge in [-0.3, -0.25) is 0 Å². The van der Waals surface area contributed by atoms with Crippen LogP contribution in [-0.4, -0.2) is 61.6 Å². The van der Waals surface area contributed by atoms with Crippen molar-refractivity contribution in [1.82, 2.24) is 20.2 Å². The van der Waals surface area contributed by atoms with Crippen LogP contribution in [0, 0.1) is 0 Å². The zero-order valence-corrected chi connectivity index (χ0v) is 12.9. The zero-order valence-electron chi connectivity index (χ0n) is 12.1. The quantitative estimate of drug-likeness (QED) is 0.768. The Hall–Kier alpha value is -1.70. The van der Waals surface area contributed by atoms with Crippen molar-refractivity contribution in [1.29, 1.82) is 0 Å². The normalized spacial score (nSPS) is 23.6. The van der Waals surface area contributed by atoms with E-state index in [9.17, 15) is 14.7 Å². The summed E-state index contributed by atoms with van der Waals surface area (Å²) in [7, 11) is 0. The Balaban J connectivity index is 1.99. The van der Waals surface area contributed by atoms with Gasteiger partial charge in [0.15, 0.2) is 0 Å². The van der Waals surface area contributed by atoms with E-state index < -0.39 is 12.0 Å². The Kier molecular flexibility index (Phi) is 5.11. The molecule has 1 aromatic heterocycles. The zero-order chi connectivity index (χ0) is 15.4. The lowest BCUT2D eigenvalue weighted by Crippen LogP contribution is -2.55. The fourth-order valence-corrected chi connectivity index (χ4v) is 3.37. The third kappa shape index (κ3) is 3.90. The van der Waals surface area contributed by atoms with E-state index in [0.29, 0.717) is 17.5 Å². The Labute approximate surface area is 127 Å². The number of nitrogens with zero attached hydrogens (tertiary/aromatic N) is 2. The SMILES string of the molecule is CC1SCCN(C(=O)NC(Cc2cnc[nH]2)C(=O)O)C1C. The van der Waals surface area contributed by atoms with Crippen molar-refractivity contribution in [3.63, 3.8) is 0 Å². The minimum absolute atomic E-state index is 0.0883. The summed E-state index contributed by atoms with van der Waals surface area (Å²) < 4.78 is 0. The number of hydrogen-bond donors (Lipinski definition) is 3. The summed E-state index contributed by atoms with van der Waals surface area (Å²) in [6, 6.07) is -1.19. The van der Waals surface area contributed by atoms with Gasteiger partial charge in [-0.1, -0.05) is 6.92 Å². The first-order chi connectivity index (χ1) is 9.99. The van der Waals surface area contributed by atoms with Crippen LogP contribution in [0.25, 0.3) is 0 Å². The molecule has 1 aliphatic rings. The Morgan fingerprint density at radius 1 is 1.62 bits per heavy atom. The molecule has 8 heteroatoms. The second kappa shape index (κ2) is 6.84. The van der Waals surface area contributed by atoms with Crippen LogP contribution in [0.1, 0.15) is 19.5 Å². The predicted octanol–water partition coefficient (Wildman–Crippen LogP) is 0.941. The lowest BCUT2D eigenvalue weighted by molar-refractivity contribution is -0.139. The van der Waals surface area contributed by atoms with E-state index in [2.05, 4.69) is 22.2 Å². The van der Waals surface area contributed by atoms with Crippen LogP contribution < -0.4 is 5.32 Å². The highest BCUT2D eigenvalue weighted by Crippen LogP contribution is 2.24. The molecule has 0 spiro atoms. The molecule has 0 aromatic carbocycles. The van der Waals surface area contributed by atoms with Crippen molar-refractivity contribution in [2.24, 2.45) is 0 Å². The summed E-state index contributed by atoms with van der Waals surface area (Å²) in [5, 5.41) is 12.2. The number of nitrogens with one attached hydrogen (secondary N) is 2. The first-order valence-electron chi connectivity index (χ1n) is 6.88. The van der Waals surface area contributed by atoms with Crippen molar-refractivity contribution in [3.05, 3.63) is 18.2 Å². The number of carbonyl (C=O) groups excluding carboxylic acids is 1. The van der Waals surface area contributed by atoms with Crippen molar-refractivity contribution >= 4 is 23.8 Å². The smallest absolute Gasteiger partial charge is 0.326 e. The topological polar surface area (TPSA) is 98.3 Å². The van der Waals surface area contributed by atoms with Crippen LogP contribution >= 0.6 is 11.8 Å². The lowest BCUT2D eigenvalue weighted by atomic mass is 10.1. The minimum atomic E-state index is -1.05. The van der Waals surface area contributed by atoms with Crippen molar-refractivity contribution < 1.29 is 14.7 Å². The number of amides is 2. The monoisotopic (exact) mass is 312 g/mol. The highest BCUT2D eigenvalue weighted by atomic mass is 32.2. The van der Waals surface area contributed by atoms with E-state index in [1.54, 1.807) is 11.1 Å². The number of aromatic nitrogens is 2. The van der Waals surface area contributed by atoms with Gasteiger partial charge in [0.05, 0.1) is 6.33 Å². The molecule has 116 valence electrons. The molecule has 1 aliphatic heterocycles. The number of H-pyrrole nitrogens is 1.